The van der Waals surface area contributed by atoms with Crippen LogP contribution >= 0.6 is 11.8 Å². The fourth-order valence-corrected chi connectivity index (χ4v) is 4.07. The normalized spacial score (nSPS) is 11.1. The summed E-state index contributed by atoms with van der Waals surface area (Å²) in [7, 11) is 3.16. The minimum atomic E-state index is -0.0357. The van der Waals surface area contributed by atoms with E-state index in [1.165, 1.54) is 11.8 Å². The lowest BCUT2D eigenvalue weighted by atomic mass is 10.2. The lowest BCUT2D eigenvalue weighted by Crippen LogP contribution is -2.23. The first-order valence-electron chi connectivity index (χ1n) is 9.82. The zero-order valence-electron chi connectivity index (χ0n) is 17.5. The van der Waals surface area contributed by atoms with Gasteiger partial charge in [-0.25, -0.2) is 4.98 Å². The third-order valence-corrected chi connectivity index (χ3v) is 5.67. The maximum Gasteiger partial charge on any atom is 0.262 e. The van der Waals surface area contributed by atoms with Crippen LogP contribution in [0.5, 0.6) is 11.5 Å². The Morgan fingerprint density at radius 3 is 2.65 bits per heavy atom. The molecule has 8 nitrogen and oxygen atoms in total. The van der Waals surface area contributed by atoms with Crippen molar-refractivity contribution in [2.75, 3.05) is 14.2 Å². The zero-order chi connectivity index (χ0) is 21.8. The van der Waals surface area contributed by atoms with Crippen LogP contribution in [-0.4, -0.2) is 33.9 Å². The summed E-state index contributed by atoms with van der Waals surface area (Å²) in [6, 6.07) is 12.8. The second kappa shape index (κ2) is 9.22. The van der Waals surface area contributed by atoms with Gasteiger partial charge in [-0.05, 0) is 36.8 Å². The van der Waals surface area contributed by atoms with Gasteiger partial charge in [0, 0.05) is 12.1 Å². The molecule has 4 rings (SSSR count). The highest BCUT2D eigenvalue weighted by Gasteiger charge is 2.15. The van der Waals surface area contributed by atoms with Crippen LogP contribution in [-0.2, 0) is 12.3 Å². The minimum Gasteiger partial charge on any atom is -0.493 e. The van der Waals surface area contributed by atoms with Crippen molar-refractivity contribution >= 4 is 22.7 Å². The molecule has 2 aromatic carbocycles. The number of hydrogen-bond donors (Lipinski definition) is 0. The van der Waals surface area contributed by atoms with Crippen molar-refractivity contribution < 1.29 is 14.0 Å². The van der Waals surface area contributed by atoms with E-state index < -0.39 is 0 Å². The number of para-hydroxylation sites is 1. The fourth-order valence-electron chi connectivity index (χ4n) is 3.21. The summed E-state index contributed by atoms with van der Waals surface area (Å²) < 4.78 is 17.7. The number of ether oxygens (including phenoxy) is 2. The maximum absolute atomic E-state index is 12.9. The summed E-state index contributed by atoms with van der Waals surface area (Å²) >= 11 is 1.40. The quantitative estimate of drug-likeness (QED) is 0.299. The molecule has 4 aromatic rings. The van der Waals surface area contributed by atoms with E-state index in [1.807, 2.05) is 31.2 Å². The Morgan fingerprint density at radius 2 is 1.87 bits per heavy atom. The first kappa shape index (κ1) is 20.9. The average molecular weight is 439 g/mol. The molecule has 0 aliphatic heterocycles. The molecule has 0 atom stereocenters. The van der Waals surface area contributed by atoms with Crippen LogP contribution in [0, 0.1) is 0 Å². The van der Waals surface area contributed by atoms with Crippen molar-refractivity contribution in [3.8, 4) is 22.9 Å². The van der Waals surface area contributed by atoms with Crippen molar-refractivity contribution in [2.24, 2.45) is 0 Å². The first-order chi connectivity index (χ1) is 15.1. The van der Waals surface area contributed by atoms with Crippen molar-refractivity contribution in [3.63, 3.8) is 0 Å². The van der Waals surface area contributed by atoms with Gasteiger partial charge in [0.25, 0.3) is 5.56 Å². The minimum absolute atomic E-state index is 0.0357. The molecule has 0 aliphatic carbocycles. The molecular formula is C22H22N4O4S. The van der Waals surface area contributed by atoms with E-state index in [0.717, 1.165) is 12.0 Å². The van der Waals surface area contributed by atoms with Crippen LogP contribution in [0.15, 0.2) is 56.9 Å². The molecule has 0 saturated carbocycles. The number of methoxy groups -OCH3 is 2. The number of aromatic nitrogens is 4. The molecule has 0 saturated heterocycles. The molecule has 0 spiro atoms. The first-order valence-corrected chi connectivity index (χ1v) is 10.8. The Labute approximate surface area is 183 Å². The van der Waals surface area contributed by atoms with Crippen molar-refractivity contribution in [2.45, 2.75) is 30.8 Å². The molecule has 0 radical (unpaired) electrons. The molecule has 160 valence electrons. The van der Waals surface area contributed by atoms with Gasteiger partial charge in [-0.2, -0.15) is 4.98 Å². The van der Waals surface area contributed by atoms with Crippen LogP contribution in [0.25, 0.3) is 22.3 Å². The molecule has 0 N–H and O–H groups in total. The number of rotatable bonds is 8. The number of thioether (sulfide) groups is 1. The predicted octanol–water partition coefficient (Wildman–Crippen LogP) is 4.17. The molecule has 9 heteroatoms. The molecule has 2 aromatic heterocycles. The van der Waals surface area contributed by atoms with Crippen LogP contribution < -0.4 is 15.0 Å². The van der Waals surface area contributed by atoms with Crippen LogP contribution in [0.3, 0.4) is 0 Å². The van der Waals surface area contributed by atoms with E-state index in [-0.39, 0.29) is 5.56 Å². The summed E-state index contributed by atoms with van der Waals surface area (Å²) in [5.41, 5.74) is 1.40. The molecule has 0 bridgehead atoms. The monoisotopic (exact) mass is 438 g/mol. The topological polar surface area (TPSA) is 92.3 Å². The van der Waals surface area contributed by atoms with E-state index in [9.17, 15) is 4.79 Å². The van der Waals surface area contributed by atoms with Crippen molar-refractivity contribution in [1.82, 2.24) is 19.7 Å². The molecule has 0 amide bonds. The highest BCUT2D eigenvalue weighted by molar-refractivity contribution is 7.98. The summed E-state index contributed by atoms with van der Waals surface area (Å²) in [5.74, 6) is 2.51. The van der Waals surface area contributed by atoms with Gasteiger partial charge in [0.2, 0.25) is 11.7 Å². The Kier molecular flexibility index (Phi) is 6.22. The average Bonchev–Trinajstić information content (AvgIpc) is 3.28. The Balaban J connectivity index is 1.58. The third-order valence-electron chi connectivity index (χ3n) is 4.71. The number of benzene rings is 2. The van der Waals surface area contributed by atoms with Gasteiger partial charge in [0.15, 0.2) is 16.7 Å². The SMILES string of the molecule is CCCn1c(SCc2nc(-c3ccc(OC)c(OC)c3)no2)nc2ccccc2c1=O. The van der Waals surface area contributed by atoms with E-state index in [0.29, 0.717) is 51.6 Å². The molecule has 0 fully saturated rings. The Hall–Kier alpha value is -3.33. The second-order valence-corrected chi connectivity index (χ2v) is 7.68. The van der Waals surface area contributed by atoms with Gasteiger partial charge in [0.05, 0.1) is 30.9 Å². The highest BCUT2D eigenvalue weighted by atomic mass is 32.2. The molecule has 2 heterocycles. The van der Waals surface area contributed by atoms with Gasteiger partial charge < -0.3 is 14.0 Å². The number of nitrogens with zero attached hydrogens (tertiary/aromatic N) is 4. The number of fused-ring (bicyclic) bond motifs is 1. The fraction of sp³-hybridized carbons (Fsp3) is 0.273. The maximum atomic E-state index is 12.9. The summed E-state index contributed by atoms with van der Waals surface area (Å²) in [6.07, 6.45) is 0.831. The van der Waals surface area contributed by atoms with Crippen molar-refractivity contribution in [3.05, 3.63) is 58.7 Å². The molecule has 31 heavy (non-hydrogen) atoms. The van der Waals surface area contributed by atoms with Crippen LogP contribution in [0.4, 0.5) is 0 Å². The Morgan fingerprint density at radius 1 is 1.06 bits per heavy atom. The van der Waals surface area contributed by atoms with Gasteiger partial charge in [-0.15, -0.1) is 0 Å². The highest BCUT2D eigenvalue weighted by Crippen LogP contribution is 2.31. The van der Waals surface area contributed by atoms with Crippen LogP contribution in [0.1, 0.15) is 19.2 Å². The van der Waals surface area contributed by atoms with E-state index in [4.69, 9.17) is 14.0 Å². The van der Waals surface area contributed by atoms with E-state index in [2.05, 4.69) is 15.1 Å². The molecule has 0 aliphatic rings. The largest absolute Gasteiger partial charge is 0.493 e. The van der Waals surface area contributed by atoms with Gasteiger partial charge in [0.1, 0.15) is 0 Å². The third kappa shape index (κ3) is 4.27. The summed E-state index contributed by atoms with van der Waals surface area (Å²) in [5, 5.41) is 5.33. The summed E-state index contributed by atoms with van der Waals surface area (Å²) in [4.78, 5) is 22.0. The standard InChI is InChI=1S/C22H22N4O4S/c1-4-11-26-21(27)15-7-5-6-8-16(15)23-22(26)31-13-19-24-20(25-30-19)14-9-10-17(28-2)18(12-14)29-3/h5-10,12H,4,11,13H2,1-3H3. The summed E-state index contributed by atoms with van der Waals surface area (Å²) in [6.45, 7) is 2.63. The van der Waals surface area contributed by atoms with Gasteiger partial charge in [-0.3, -0.25) is 9.36 Å². The van der Waals surface area contributed by atoms with Crippen LogP contribution in [0.2, 0.25) is 0 Å². The predicted molar refractivity (Wildman–Crippen MR) is 119 cm³/mol. The van der Waals surface area contributed by atoms with E-state index in [1.54, 1.807) is 37.0 Å². The zero-order valence-corrected chi connectivity index (χ0v) is 18.3. The lowest BCUT2D eigenvalue weighted by Gasteiger charge is -2.11. The lowest BCUT2D eigenvalue weighted by molar-refractivity contribution is 0.355. The Bertz CT molecular complexity index is 1270. The van der Waals surface area contributed by atoms with Gasteiger partial charge in [-0.1, -0.05) is 36.0 Å². The van der Waals surface area contributed by atoms with Crippen molar-refractivity contribution in [1.29, 1.82) is 0 Å². The number of hydrogen-bond acceptors (Lipinski definition) is 8. The van der Waals surface area contributed by atoms with E-state index >= 15 is 0 Å². The van der Waals surface area contributed by atoms with Gasteiger partial charge >= 0.3 is 0 Å². The smallest absolute Gasteiger partial charge is 0.262 e. The molecular weight excluding hydrogens is 416 g/mol. The second-order valence-electron chi connectivity index (χ2n) is 6.74. The molecule has 0 unspecified atom stereocenters.